The van der Waals surface area contributed by atoms with Crippen molar-refractivity contribution in [2.24, 2.45) is 5.10 Å². The van der Waals surface area contributed by atoms with Gasteiger partial charge in [0, 0.05) is 18.9 Å². The van der Waals surface area contributed by atoms with Gasteiger partial charge >= 0.3 is 5.69 Å². The van der Waals surface area contributed by atoms with E-state index in [1.54, 1.807) is 30.5 Å². The fourth-order valence-corrected chi connectivity index (χ4v) is 3.85. The number of pyridine rings is 1. The van der Waals surface area contributed by atoms with Crippen molar-refractivity contribution in [2.45, 2.75) is 32.2 Å². The Morgan fingerprint density at radius 3 is 2.78 bits per heavy atom. The Hall–Kier alpha value is -3.88. The predicted octanol–water partition coefficient (Wildman–Crippen LogP) is 2.59. The van der Waals surface area contributed by atoms with E-state index in [2.05, 4.69) is 15.1 Å². The Balaban J connectivity index is 1.68. The third-order valence-corrected chi connectivity index (χ3v) is 5.41. The van der Waals surface area contributed by atoms with Crippen molar-refractivity contribution in [2.75, 3.05) is 13.2 Å². The summed E-state index contributed by atoms with van der Waals surface area (Å²) >= 11 is 0. The van der Waals surface area contributed by atoms with Gasteiger partial charge in [-0.3, -0.25) is 19.8 Å². The number of nitrogens with one attached hydrogen (secondary N) is 1. The van der Waals surface area contributed by atoms with E-state index in [1.807, 2.05) is 30.3 Å². The molecule has 1 aromatic carbocycles. The number of nitrogens with zero attached hydrogens (tertiary/aromatic N) is 4. The molecular formula is C23H25N5O4. The van der Waals surface area contributed by atoms with E-state index in [9.17, 15) is 14.7 Å². The predicted molar refractivity (Wildman–Crippen MR) is 121 cm³/mol. The van der Waals surface area contributed by atoms with Gasteiger partial charge in [0.2, 0.25) is 5.88 Å². The van der Waals surface area contributed by atoms with Crippen molar-refractivity contribution in [3.05, 3.63) is 80.8 Å². The van der Waals surface area contributed by atoms with Crippen LogP contribution < -0.4 is 16.0 Å². The van der Waals surface area contributed by atoms with E-state index < -0.39 is 17.1 Å². The highest BCUT2D eigenvalue weighted by atomic mass is 16.5. The second-order valence-electron chi connectivity index (χ2n) is 7.46. The fourth-order valence-electron chi connectivity index (χ4n) is 3.85. The smallest absolute Gasteiger partial charge is 0.335 e. The maximum atomic E-state index is 12.4. The fraction of sp³-hybridized carbons (Fsp3) is 0.304. The van der Waals surface area contributed by atoms with Crippen molar-refractivity contribution in [1.29, 1.82) is 0 Å². The molecule has 1 aliphatic heterocycles. The average molecular weight is 435 g/mol. The molecule has 0 saturated carbocycles. The summed E-state index contributed by atoms with van der Waals surface area (Å²) in [5.41, 5.74) is -0.0858. The van der Waals surface area contributed by atoms with Crippen LogP contribution >= 0.6 is 0 Å². The molecule has 1 atom stereocenters. The molecule has 4 rings (SSSR count). The van der Waals surface area contributed by atoms with Crippen molar-refractivity contribution in [3.8, 4) is 17.3 Å². The standard InChI is InChI=1S/C23H25N5O4/c1-2-32-18-10-8-17(9-11-18)28-22(30)19(21(29)26-23(28)31)15-25-27-13-4-3-7-20(27)16-6-5-12-24-14-16/h5-6,8-12,14-15,20,30H,2-4,7,13H2,1H3,(H,26,29,31)/b25-15+. The maximum Gasteiger partial charge on any atom is 0.335 e. The van der Waals surface area contributed by atoms with Crippen LogP contribution in [0.4, 0.5) is 0 Å². The zero-order chi connectivity index (χ0) is 22.5. The van der Waals surface area contributed by atoms with Gasteiger partial charge in [0.15, 0.2) is 0 Å². The number of piperidine rings is 1. The monoisotopic (exact) mass is 435 g/mol. The lowest BCUT2D eigenvalue weighted by Crippen LogP contribution is -2.32. The molecule has 3 aromatic rings. The average Bonchev–Trinajstić information content (AvgIpc) is 2.81. The molecule has 1 fully saturated rings. The van der Waals surface area contributed by atoms with Gasteiger partial charge in [-0.05, 0) is 62.1 Å². The van der Waals surface area contributed by atoms with E-state index in [0.717, 1.165) is 29.4 Å². The molecule has 1 saturated heterocycles. The minimum absolute atomic E-state index is 0.0342. The quantitative estimate of drug-likeness (QED) is 0.576. The third kappa shape index (κ3) is 4.41. The van der Waals surface area contributed by atoms with Gasteiger partial charge in [0.1, 0.15) is 11.3 Å². The normalized spacial score (nSPS) is 16.4. The van der Waals surface area contributed by atoms with E-state index in [1.165, 1.54) is 6.21 Å². The highest BCUT2D eigenvalue weighted by Crippen LogP contribution is 2.30. The van der Waals surface area contributed by atoms with Crippen molar-refractivity contribution >= 4 is 6.21 Å². The number of hydrazone groups is 1. The number of benzene rings is 1. The van der Waals surface area contributed by atoms with Crippen molar-refractivity contribution in [3.63, 3.8) is 0 Å². The third-order valence-electron chi connectivity index (χ3n) is 5.41. The Bertz CT molecular complexity index is 1200. The zero-order valence-corrected chi connectivity index (χ0v) is 17.8. The molecular weight excluding hydrogens is 410 g/mol. The van der Waals surface area contributed by atoms with Crippen LogP contribution in [0, 0.1) is 0 Å². The lowest BCUT2D eigenvalue weighted by Gasteiger charge is -2.33. The van der Waals surface area contributed by atoms with Crippen molar-refractivity contribution < 1.29 is 9.84 Å². The summed E-state index contributed by atoms with van der Waals surface area (Å²) in [5, 5.41) is 17.2. The Morgan fingerprint density at radius 2 is 2.06 bits per heavy atom. The van der Waals surface area contributed by atoms with Gasteiger partial charge in [-0.2, -0.15) is 5.10 Å². The molecule has 3 heterocycles. The van der Waals surface area contributed by atoms with Gasteiger partial charge in [0.05, 0.1) is 24.6 Å². The van der Waals surface area contributed by atoms with Crippen LogP contribution in [0.1, 0.15) is 43.4 Å². The maximum absolute atomic E-state index is 12.4. The van der Waals surface area contributed by atoms with Crippen LogP contribution in [0.25, 0.3) is 5.69 Å². The molecule has 2 N–H and O–H groups in total. The van der Waals surface area contributed by atoms with E-state index in [-0.39, 0.29) is 11.6 Å². The Labute approximate surface area is 184 Å². The summed E-state index contributed by atoms with van der Waals surface area (Å²) in [7, 11) is 0. The van der Waals surface area contributed by atoms with Gasteiger partial charge in [-0.1, -0.05) is 6.07 Å². The molecule has 2 aromatic heterocycles. The molecule has 1 unspecified atom stereocenters. The molecule has 0 aliphatic carbocycles. The molecule has 0 bridgehead atoms. The first-order valence-electron chi connectivity index (χ1n) is 10.6. The number of hydrogen-bond acceptors (Lipinski definition) is 7. The first kappa shape index (κ1) is 21.4. The lowest BCUT2D eigenvalue weighted by atomic mass is 9.98. The first-order valence-corrected chi connectivity index (χ1v) is 10.6. The summed E-state index contributed by atoms with van der Waals surface area (Å²) in [6.07, 6.45) is 7.81. The van der Waals surface area contributed by atoms with Crippen LogP contribution in [0.5, 0.6) is 11.6 Å². The number of aromatic hydroxyl groups is 1. The van der Waals surface area contributed by atoms with Crippen LogP contribution in [-0.2, 0) is 0 Å². The number of ether oxygens (including phenoxy) is 1. The van der Waals surface area contributed by atoms with Crippen molar-refractivity contribution in [1.82, 2.24) is 19.5 Å². The molecule has 166 valence electrons. The molecule has 0 spiro atoms. The Morgan fingerprint density at radius 1 is 1.25 bits per heavy atom. The highest BCUT2D eigenvalue weighted by molar-refractivity contribution is 5.82. The van der Waals surface area contributed by atoms with E-state index in [4.69, 9.17) is 4.74 Å². The number of aromatic nitrogens is 3. The topological polar surface area (TPSA) is 113 Å². The summed E-state index contributed by atoms with van der Waals surface area (Å²) in [4.78, 5) is 31.3. The number of hydrogen-bond donors (Lipinski definition) is 2. The first-order chi connectivity index (χ1) is 15.6. The summed E-state index contributed by atoms with van der Waals surface area (Å²) in [6.45, 7) is 3.10. The number of rotatable bonds is 6. The molecule has 9 nitrogen and oxygen atoms in total. The molecule has 1 aliphatic rings. The SMILES string of the molecule is CCOc1ccc(-n2c(O)c(/C=N/N3CCCCC3c3cccnc3)c(=O)[nH]c2=O)cc1. The minimum Gasteiger partial charge on any atom is -0.494 e. The van der Waals surface area contributed by atoms with Gasteiger partial charge in [0.25, 0.3) is 5.56 Å². The summed E-state index contributed by atoms with van der Waals surface area (Å²) in [6, 6.07) is 10.6. The largest absolute Gasteiger partial charge is 0.494 e. The lowest BCUT2D eigenvalue weighted by molar-refractivity contribution is 0.156. The van der Waals surface area contributed by atoms with Gasteiger partial charge < -0.3 is 9.84 Å². The molecule has 9 heteroatoms. The Kier molecular flexibility index (Phi) is 6.34. The highest BCUT2D eigenvalue weighted by Gasteiger charge is 2.23. The second-order valence-corrected chi connectivity index (χ2v) is 7.46. The summed E-state index contributed by atoms with van der Waals surface area (Å²) in [5.74, 6) is 0.170. The molecule has 32 heavy (non-hydrogen) atoms. The molecule has 0 amide bonds. The van der Waals surface area contributed by atoms with E-state index >= 15 is 0 Å². The summed E-state index contributed by atoms with van der Waals surface area (Å²) < 4.78 is 6.45. The molecule has 0 radical (unpaired) electrons. The second kappa shape index (κ2) is 9.51. The van der Waals surface area contributed by atoms with Crippen LogP contribution in [0.15, 0.2) is 63.5 Å². The van der Waals surface area contributed by atoms with Crippen LogP contribution in [0.2, 0.25) is 0 Å². The van der Waals surface area contributed by atoms with Crippen LogP contribution in [-0.4, -0.2) is 44.0 Å². The number of H-pyrrole nitrogens is 1. The number of aromatic amines is 1. The van der Waals surface area contributed by atoms with Crippen LogP contribution in [0.3, 0.4) is 0 Å². The van der Waals surface area contributed by atoms with Gasteiger partial charge in [-0.25, -0.2) is 9.36 Å². The van der Waals surface area contributed by atoms with E-state index in [0.29, 0.717) is 24.6 Å². The van der Waals surface area contributed by atoms with Gasteiger partial charge in [-0.15, -0.1) is 0 Å². The minimum atomic E-state index is -0.736. The zero-order valence-electron chi connectivity index (χ0n) is 17.8.